The first-order chi connectivity index (χ1) is 10.8. The van der Waals surface area contributed by atoms with Crippen molar-refractivity contribution in [2.75, 3.05) is 12.4 Å². The van der Waals surface area contributed by atoms with Crippen LogP contribution in [0.1, 0.15) is 0 Å². The van der Waals surface area contributed by atoms with Gasteiger partial charge in [-0.25, -0.2) is 9.97 Å². The lowest BCUT2D eigenvalue weighted by atomic mass is 10.1. The maximum absolute atomic E-state index is 12.0. The number of nitrogens with one attached hydrogen (secondary N) is 3. The first kappa shape index (κ1) is 12.6. The van der Waals surface area contributed by atoms with Crippen molar-refractivity contribution >= 4 is 27.8 Å². The molecule has 0 fully saturated rings. The molecule has 0 aliphatic rings. The quantitative estimate of drug-likeness (QED) is 0.529. The smallest absolute Gasteiger partial charge is 0.272 e. The zero-order valence-electron chi connectivity index (χ0n) is 11.8. The minimum atomic E-state index is -0.111. The number of H-pyrrole nitrogens is 2. The van der Waals surface area contributed by atoms with Crippen LogP contribution in [0, 0.1) is 0 Å². The molecule has 108 valence electrons. The fourth-order valence-corrected chi connectivity index (χ4v) is 2.64. The summed E-state index contributed by atoms with van der Waals surface area (Å²) in [6.07, 6.45) is 3.49. The molecule has 0 unspecified atom stereocenters. The highest BCUT2D eigenvalue weighted by atomic mass is 16.1. The highest BCUT2D eigenvalue weighted by Gasteiger charge is 2.08. The van der Waals surface area contributed by atoms with Crippen LogP contribution in [-0.4, -0.2) is 27.0 Å². The molecule has 0 radical (unpaired) electrons. The molecule has 3 aromatic heterocycles. The topological polar surface area (TPSA) is 86.5 Å². The molecule has 0 saturated carbocycles. The summed E-state index contributed by atoms with van der Waals surface area (Å²) in [5, 5.41) is 4.82. The predicted molar refractivity (Wildman–Crippen MR) is 87.0 cm³/mol. The number of benzene rings is 1. The highest BCUT2D eigenvalue weighted by Crippen LogP contribution is 2.26. The molecular weight excluding hydrogens is 278 g/mol. The maximum atomic E-state index is 12.0. The van der Waals surface area contributed by atoms with Gasteiger partial charge >= 0.3 is 0 Å². The zero-order valence-corrected chi connectivity index (χ0v) is 11.8. The van der Waals surface area contributed by atoms with Gasteiger partial charge in [0, 0.05) is 41.3 Å². The first-order valence-electron chi connectivity index (χ1n) is 6.90. The summed E-state index contributed by atoms with van der Waals surface area (Å²) in [4.78, 5) is 26.4. The Labute approximate surface area is 125 Å². The molecule has 0 bridgehead atoms. The third-order valence-electron chi connectivity index (χ3n) is 3.71. The molecule has 22 heavy (non-hydrogen) atoms. The van der Waals surface area contributed by atoms with Crippen LogP contribution in [0.4, 0.5) is 5.95 Å². The average molecular weight is 291 g/mol. The maximum Gasteiger partial charge on any atom is 0.272 e. The number of fused-ring (bicyclic) bond motifs is 3. The number of nitrogens with zero attached hydrogens (tertiary/aromatic N) is 2. The van der Waals surface area contributed by atoms with E-state index >= 15 is 0 Å². The van der Waals surface area contributed by atoms with E-state index in [1.165, 1.54) is 0 Å². The summed E-state index contributed by atoms with van der Waals surface area (Å²) in [6, 6.07) is 9.65. The number of hydrogen-bond donors (Lipinski definition) is 3. The third kappa shape index (κ3) is 1.85. The molecule has 0 aliphatic heterocycles. The van der Waals surface area contributed by atoms with Gasteiger partial charge < -0.3 is 15.3 Å². The fourth-order valence-electron chi connectivity index (χ4n) is 2.64. The van der Waals surface area contributed by atoms with Crippen LogP contribution >= 0.6 is 0 Å². The summed E-state index contributed by atoms with van der Waals surface area (Å²) in [6.45, 7) is 0. The molecule has 0 aliphatic carbocycles. The van der Waals surface area contributed by atoms with Crippen LogP contribution in [0.3, 0.4) is 0 Å². The molecule has 6 heteroatoms. The highest BCUT2D eigenvalue weighted by molar-refractivity contribution is 6.05. The lowest BCUT2D eigenvalue weighted by molar-refractivity contribution is 1.15. The van der Waals surface area contributed by atoms with Gasteiger partial charge in [0.2, 0.25) is 5.95 Å². The molecule has 4 aromatic rings. The summed E-state index contributed by atoms with van der Waals surface area (Å²) in [5.74, 6) is 0.575. The largest absolute Gasteiger partial charge is 0.357 e. The second kappa shape index (κ2) is 4.70. The van der Waals surface area contributed by atoms with Crippen molar-refractivity contribution in [3.05, 3.63) is 53.1 Å². The van der Waals surface area contributed by atoms with Crippen molar-refractivity contribution in [1.82, 2.24) is 19.9 Å². The van der Waals surface area contributed by atoms with Gasteiger partial charge in [-0.05, 0) is 24.3 Å². The standard InChI is InChI=1S/C16H13N5O/c1-17-16-19-7-5-12(21-16)9-2-3-13-11(8-9)10-4-6-18-14(10)15(22)20-13/h2-8,18H,1H3,(H,20,22)(H,17,19,21). The summed E-state index contributed by atoms with van der Waals surface area (Å²) in [5.41, 5.74) is 3.09. The van der Waals surface area contributed by atoms with Crippen molar-refractivity contribution in [3.63, 3.8) is 0 Å². The monoisotopic (exact) mass is 291 g/mol. The Morgan fingerprint density at radius 2 is 2.05 bits per heavy atom. The molecule has 4 rings (SSSR count). The van der Waals surface area contributed by atoms with E-state index in [0.717, 1.165) is 27.5 Å². The Balaban J connectivity index is 2.00. The average Bonchev–Trinajstić information content (AvgIpc) is 3.05. The molecule has 0 spiro atoms. The Kier molecular flexibility index (Phi) is 2.69. The van der Waals surface area contributed by atoms with Crippen molar-refractivity contribution in [3.8, 4) is 11.3 Å². The molecular formula is C16H13N5O. The Hall–Kier alpha value is -3.15. The van der Waals surface area contributed by atoms with Gasteiger partial charge in [-0.15, -0.1) is 0 Å². The fraction of sp³-hybridized carbons (Fsp3) is 0.0625. The minimum absolute atomic E-state index is 0.111. The van der Waals surface area contributed by atoms with E-state index in [1.54, 1.807) is 19.4 Å². The van der Waals surface area contributed by atoms with Crippen molar-refractivity contribution in [1.29, 1.82) is 0 Å². The number of rotatable bonds is 2. The number of hydrogen-bond acceptors (Lipinski definition) is 4. The molecule has 0 atom stereocenters. The second-order valence-corrected chi connectivity index (χ2v) is 5.00. The van der Waals surface area contributed by atoms with E-state index in [4.69, 9.17) is 0 Å². The van der Waals surface area contributed by atoms with Crippen LogP contribution in [0.25, 0.3) is 33.1 Å². The minimum Gasteiger partial charge on any atom is -0.357 e. The van der Waals surface area contributed by atoms with Crippen molar-refractivity contribution in [2.45, 2.75) is 0 Å². The van der Waals surface area contributed by atoms with E-state index < -0.39 is 0 Å². The molecule has 3 heterocycles. The van der Waals surface area contributed by atoms with Crippen LogP contribution in [0.5, 0.6) is 0 Å². The first-order valence-corrected chi connectivity index (χ1v) is 6.90. The Morgan fingerprint density at radius 3 is 2.91 bits per heavy atom. The lowest BCUT2D eigenvalue weighted by Crippen LogP contribution is -2.06. The van der Waals surface area contributed by atoms with E-state index in [0.29, 0.717) is 11.5 Å². The zero-order chi connectivity index (χ0) is 15.1. The number of pyridine rings is 1. The number of aromatic amines is 2. The predicted octanol–water partition coefficient (Wildman–Crippen LogP) is 2.51. The van der Waals surface area contributed by atoms with Crippen molar-refractivity contribution in [2.24, 2.45) is 0 Å². The molecule has 0 saturated heterocycles. The molecule has 6 nitrogen and oxygen atoms in total. The summed E-state index contributed by atoms with van der Waals surface area (Å²) >= 11 is 0. The van der Waals surface area contributed by atoms with E-state index in [2.05, 4.69) is 25.3 Å². The summed E-state index contributed by atoms with van der Waals surface area (Å²) < 4.78 is 0. The summed E-state index contributed by atoms with van der Waals surface area (Å²) in [7, 11) is 1.79. The van der Waals surface area contributed by atoms with Gasteiger partial charge in [-0.2, -0.15) is 0 Å². The van der Waals surface area contributed by atoms with Crippen LogP contribution in [-0.2, 0) is 0 Å². The molecule has 0 amide bonds. The van der Waals surface area contributed by atoms with Crippen LogP contribution in [0.15, 0.2) is 47.5 Å². The van der Waals surface area contributed by atoms with Gasteiger partial charge in [0.1, 0.15) is 5.52 Å². The van der Waals surface area contributed by atoms with Gasteiger partial charge in [-0.3, -0.25) is 4.79 Å². The van der Waals surface area contributed by atoms with Crippen LogP contribution in [0.2, 0.25) is 0 Å². The Morgan fingerprint density at radius 1 is 1.14 bits per heavy atom. The number of anilines is 1. The van der Waals surface area contributed by atoms with Gasteiger partial charge in [0.05, 0.1) is 5.69 Å². The van der Waals surface area contributed by atoms with Gasteiger partial charge in [-0.1, -0.05) is 6.07 Å². The SMILES string of the molecule is CNc1nccc(-c2ccc3[nH]c(=O)c4[nH]ccc4c3c2)n1. The number of aromatic nitrogens is 4. The second-order valence-electron chi connectivity index (χ2n) is 5.00. The van der Waals surface area contributed by atoms with E-state index in [1.807, 2.05) is 30.3 Å². The normalized spacial score (nSPS) is 11.1. The Bertz CT molecular complexity index is 1050. The van der Waals surface area contributed by atoms with Gasteiger partial charge in [0.15, 0.2) is 0 Å². The molecule has 1 aromatic carbocycles. The van der Waals surface area contributed by atoms with Gasteiger partial charge in [0.25, 0.3) is 5.56 Å². The van der Waals surface area contributed by atoms with Crippen LogP contribution < -0.4 is 10.9 Å². The van der Waals surface area contributed by atoms with E-state index in [9.17, 15) is 4.79 Å². The lowest BCUT2D eigenvalue weighted by Gasteiger charge is -2.06. The van der Waals surface area contributed by atoms with Crippen molar-refractivity contribution < 1.29 is 0 Å². The molecule has 3 N–H and O–H groups in total. The third-order valence-corrected chi connectivity index (χ3v) is 3.71. The van der Waals surface area contributed by atoms with E-state index in [-0.39, 0.29) is 5.56 Å².